The molecule has 0 saturated carbocycles. The Morgan fingerprint density at radius 1 is 0.941 bits per heavy atom. The molecule has 0 spiro atoms. The van der Waals surface area contributed by atoms with Crippen LogP contribution in [-0.4, -0.2) is 64.1 Å². The number of aromatic nitrogens is 2. The van der Waals surface area contributed by atoms with Gasteiger partial charge in [0.15, 0.2) is 0 Å². The van der Waals surface area contributed by atoms with Gasteiger partial charge in [-0.15, -0.1) is 0 Å². The lowest BCUT2D eigenvalue weighted by atomic mass is 10.1. The van der Waals surface area contributed by atoms with Gasteiger partial charge in [-0.3, -0.25) is 19.2 Å². The number of nitrogens with one attached hydrogen (secondary N) is 1. The maximum atomic E-state index is 13.1. The van der Waals surface area contributed by atoms with Crippen molar-refractivity contribution in [1.82, 2.24) is 19.6 Å². The van der Waals surface area contributed by atoms with E-state index in [1.807, 2.05) is 79.7 Å². The molecule has 0 bridgehead atoms. The molecule has 0 atom stereocenters. The van der Waals surface area contributed by atoms with Gasteiger partial charge in [0.25, 0.3) is 5.91 Å². The Morgan fingerprint density at radius 3 is 2.38 bits per heavy atom. The summed E-state index contributed by atoms with van der Waals surface area (Å²) in [4.78, 5) is 29.7. The molecule has 1 saturated heterocycles. The number of nitrogens with zero attached hydrogens (tertiary/aromatic N) is 4. The minimum absolute atomic E-state index is 0.0228. The quantitative estimate of drug-likeness (QED) is 0.612. The highest BCUT2D eigenvalue weighted by Crippen LogP contribution is 2.18. The average molecular weight is 460 g/mol. The van der Waals surface area contributed by atoms with Crippen molar-refractivity contribution in [3.63, 3.8) is 0 Å². The highest BCUT2D eigenvalue weighted by molar-refractivity contribution is 5.95. The SMILES string of the molecule is Cc1cc(C)n(Cc2cccc(C(=O)N3CCN(CC(=O)Nc4cccc(C)c4C)CC3)c2)n1. The Labute approximate surface area is 201 Å². The number of carbonyl (C=O) groups excluding carboxylic acids is 2. The zero-order valence-electron chi connectivity index (χ0n) is 20.5. The molecule has 0 unspecified atom stereocenters. The Balaban J connectivity index is 1.31. The highest BCUT2D eigenvalue weighted by atomic mass is 16.2. The first kappa shape index (κ1) is 23.7. The van der Waals surface area contributed by atoms with E-state index < -0.39 is 0 Å². The Morgan fingerprint density at radius 2 is 1.68 bits per heavy atom. The maximum Gasteiger partial charge on any atom is 0.253 e. The highest BCUT2D eigenvalue weighted by Gasteiger charge is 2.23. The lowest BCUT2D eigenvalue weighted by Crippen LogP contribution is -2.50. The van der Waals surface area contributed by atoms with Gasteiger partial charge in [0.2, 0.25) is 5.91 Å². The summed E-state index contributed by atoms with van der Waals surface area (Å²) in [6, 6.07) is 15.8. The monoisotopic (exact) mass is 459 g/mol. The largest absolute Gasteiger partial charge is 0.336 e. The molecule has 2 amide bonds. The zero-order valence-corrected chi connectivity index (χ0v) is 20.5. The summed E-state index contributed by atoms with van der Waals surface area (Å²) in [5, 5.41) is 7.54. The van der Waals surface area contributed by atoms with Gasteiger partial charge in [0, 0.05) is 43.1 Å². The van der Waals surface area contributed by atoms with E-state index in [0.717, 1.165) is 33.8 Å². The zero-order chi connectivity index (χ0) is 24.2. The molecule has 0 aliphatic carbocycles. The van der Waals surface area contributed by atoms with Crippen LogP contribution in [-0.2, 0) is 11.3 Å². The van der Waals surface area contributed by atoms with Crippen LogP contribution >= 0.6 is 0 Å². The van der Waals surface area contributed by atoms with E-state index in [4.69, 9.17) is 0 Å². The summed E-state index contributed by atoms with van der Waals surface area (Å²) in [5.74, 6) is 0.0139. The number of carbonyl (C=O) groups is 2. The molecule has 2 heterocycles. The molecule has 1 N–H and O–H groups in total. The van der Waals surface area contributed by atoms with Crippen LogP contribution in [0.4, 0.5) is 5.69 Å². The summed E-state index contributed by atoms with van der Waals surface area (Å²) >= 11 is 0. The number of amides is 2. The van der Waals surface area contributed by atoms with Crippen LogP contribution in [0.3, 0.4) is 0 Å². The van der Waals surface area contributed by atoms with Gasteiger partial charge in [-0.1, -0.05) is 24.3 Å². The van der Waals surface area contributed by atoms with E-state index in [1.54, 1.807) is 0 Å². The van der Waals surface area contributed by atoms with Crippen molar-refractivity contribution in [3.8, 4) is 0 Å². The lowest BCUT2D eigenvalue weighted by molar-refractivity contribution is -0.117. The molecule has 1 aliphatic heterocycles. The number of piperazine rings is 1. The number of benzene rings is 2. The van der Waals surface area contributed by atoms with Gasteiger partial charge in [0.05, 0.1) is 18.8 Å². The van der Waals surface area contributed by atoms with Crippen molar-refractivity contribution >= 4 is 17.5 Å². The number of anilines is 1. The summed E-state index contributed by atoms with van der Waals surface area (Å²) in [5.41, 5.74) is 6.95. The molecule has 7 heteroatoms. The van der Waals surface area contributed by atoms with Gasteiger partial charge >= 0.3 is 0 Å². The lowest BCUT2D eigenvalue weighted by Gasteiger charge is -2.34. The molecule has 1 fully saturated rings. The van der Waals surface area contributed by atoms with Crippen LogP contribution in [0.1, 0.15) is 38.4 Å². The van der Waals surface area contributed by atoms with E-state index in [-0.39, 0.29) is 11.8 Å². The van der Waals surface area contributed by atoms with Crippen LogP contribution in [0.25, 0.3) is 0 Å². The summed E-state index contributed by atoms with van der Waals surface area (Å²) in [6.07, 6.45) is 0. The fourth-order valence-corrected chi connectivity index (χ4v) is 4.38. The van der Waals surface area contributed by atoms with E-state index in [9.17, 15) is 9.59 Å². The van der Waals surface area contributed by atoms with E-state index in [0.29, 0.717) is 44.8 Å². The molecule has 2 aromatic carbocycles. The van der Waals surface area contributed by atoms with E-state index in [1.165, 1.54) is 0 Å². The minimum atomic E-state index is -0.0228. The molecule has 3 aromatic rings. The van der Waals surface area contributed by atoms with Crippen molar-refractivity contribution in [2.75, 3.05) is 38.0 Å². The second-order valence-corrected chi connectivity index (χ2v) is 9.15. The van der Waals surface area contributed by atoms with Crippen LogP contribution in [0, 0.1) is 27.7 Å². The molecule has 4 rings (SSSR count). The molecular weight excluding hydrogens is 426 g/mol. The number of rotatable bonds is 6. The fourth-order valence-electron chi connectivity index (χ4n) is 4.38. The second-order valence-electron chi connectivity index (χ2n) is 9.15. The summed E-state index contributed by atoms with van der Waals surface area (Å²) in [7, 11) is 0. The van der Waals surface area contributed by atoms with Gasteiger partial charge in [-0.25, -0.2) is 0 Å². The molecule has 0 radical (unpaired) electrons. The minimum Gasteiger partial charge on any atom is -0.336 e. The fraction of sp³-hybridized carbons (Fsp3) is 0.370. The first-order valence-corrected chi connectivity index (χ1v) is 11.8. The Hall–Kier alpha value is -3.45. The molecule has 34 heavy (non-hydrogen) atoms. The van der Waals surface area contributed by atoms with Gasteiger partial charge < -0.3 is 10.2 Å². The standard InChI is InChI=1S/C27H33N5O2/c1-19-7-5-10-25(22(19)4)28-26(33)18-30-11-13-31(14-12-30)27(34)24-9-6-8-23(16-24)17-32-21(3)15-20(2)29-32/h5-10,15-16H,11-14,17-18H2,1-4H3,(H,28,33). The third-order valence-electron chi connectivity index (χ3n) is 6.52. The predicted octanol–water partition coefficient (Wildman–Crippen LogP) is 3.56. The van der Waals surface area contributed by atoms with Crippen molar-refractivity contribution in [1.29, 1.82) is 0 Å². The predicted molar refractivity (Wildman–Crippen MR) is 134 cm³/mol. The molecule has 7 nitrogen and oxygen atoms in total. The van der Waals surface area contributed by atoms with Crippen LogP contribution in [0.2, 0.25) is 0 Å². The normalized spacial score (nSPS) is 14.3. The molecule has 1 aromatic heterocycles. The smallest absolute Gasteiger partial charge is 0.253 e. The van der Waals surface area contributed by atoms with E-state index >= 15 is 0 Å². The van der Waals surface area contributed by atoms with Crippen molar-refractivity contribution in [2.45, 2.75) is 34.2 Å². The van der Waals surface area contributed by atoms with Crippen molar-refractivity contribution in [3.05, 3.63) is 82.2 Å². The number of hydrogen-bond donors (Lipinski definition) is 1. The summed E-state index contributed by atoms with van der Waals surface area (Å²) in [6.45, 7) is 11.6. The second kappa shape index (κ2) is 10.2. The molecule has 1 aliphatic rings. The Bertz CT molecular complexity index is 1190. The molecule has 178 valence electrons. The van der Waals surface area contributed by atoms with Gasteiger partial charge in [-0.05, 0) is 68.7 Å². The van der Waals surface area contributed by atoms with E-state index in [2.05, 4.69) is 21.4 Å². The summed E-state index contributed by atoms with van der Waals surface area (Å²) < 4.78 is 1.96. The molecular formula is C27H33N5O2. The van der Waals surface area contributed by atoms with Gasteiger partial charge in [0.1, 0.15) is 0 Å². The van der Waals surface area contributed by atoms with Gasteiger partial charge in [-0.2, -0.15) is 5.10 Å². The number of hydrogen-bond acceptors (Lipinski definition) is 4. The first-order chi connectivity index (χ1) is 16.3. The maximum absolute atomic E-state index is 13.1. The van der Waals surface area contributed by atoms with Crippen LogP contribution < -0.4 is 5.32 Å². The van der Waals surface area contributed by atoms with Crippen molar-refractivity contribution < 1.29 is 9.59 Å². The third-order valence-corrected chi connectivity index (χ3v) is 6.52. The Kier molecular flexibility index (Phi) is 7.12. The number of aryl methyl sites for hydroxylation is 3. The third kappa shape index (κ3) is 5.54. The van der Waals surface area contributed by atoms with Crippen LogP contribution in [0.5, 0.6) is 0 Å². The first-order valence-electron chi connectivity index (χ1n) is 11.8. The average Bonchev–Trinajstić information content (AvgIpc) is 3.13. The topological polar surface area (TPSA) is 70.5 Å². The van der Waals surface area contributed by atoms with Crippen molar-refractivity contribution in [2.24, 2.45) is 0 Å². The van der Waals surface area contributed by atoms with Crippen LogP contribution in [0.15, 0.2) is 48.5 Å².